The van der Waals surface area contributed by atoms with Gasteiger partial charge in [0.05, 0.1) is 6.61 Å². The van der Waals surface area contributed by atoms with Crippen molar-refractivity contribution in [1.29, 1.82) is 0 Å². The Morgan fingerprint density at radius 2 is 1.88 bits per heavy atom. The molecule has 1 aromatic heterocycles. The minimum atomic E-state index is 0.152. The number of ether oxygens (including phenoxy) is 1. The van der Waals surface area contributed by atoms with Crippen LogP contribution in [0.4, 0.5) is 5.95 Å². The maximum Gasteiger partial charge on any atom is 0.322 e. The SMILES string of the molecule is CCCOc1nc(Cl)nc(NC(CC)CC)n1. The molecule has 0 atom stereocenters. The molecule has 6 heteroatoms. The van der Waals surface area contributed by atoms with Crippen molar-refractivity contribution < 1.29 is 4.74 Å². The summed E-state index contributed by atoms with van der Waals surface area (Å²) >= 11 is 5.82. The van der Waals surface area contributed by atoms with Crippen LogP contribution in [0.15, 0.2) is 0 Å². The molecule has 0 aliphatic rings. The monoisotopic (exact) mass is 258 g/mol. The van der Waals surface area contributed by atoms with Crippen LogP contribution in [0.25, 0.3) is 0 Å². The Hall–Kier alpha value is -1.10. The van der Waals surface area contributed by atoms with Crippen molar-refractivity contribution in [2.45, 2.75) is 46.1 Å². The van der Waals surface area contributed by atoms with E-state index in [0.717, 1.165) is 19.3 Å². The molecule has 1 heterocycles. The maximum absolute atomic E-state index is 5.82. The van der Waals surface area contributed by atoms with Gasteiger partial charge in [-0.05, 0) is 30.9 Å². The number of hydrogen-bond donors (Lipinski definition) is 1. The molecule has 1 N–H and O–H groups in total. The van der Waals surface area contributed by atoms with Crippen molar-refractivity contribution in [3.05, 3.63) is 5.28 Å². The van der Waals surface area contributed by atoms with Gasteiger partial charge in [0.1, 0.15) is 0 Å². The molecule has 0 unspecified atom stereocenters. The molecule has 0 saturated carbocycles. The van der Waals surface area contributed by atoms with Gasteiger partial charge in [-0.15, -0.1) is 0 Å². The predicted octanol–water partition coefficient (Wildman–Crippen LogP) is 2.91. The maximum atomic E-state index is 5.82. The number of halogens is 1. The number of aromatic nitrogens is 3. The predicted molar refractivity (Wildman–Crippen MR) is 68.6 cm³/mol. The van der Waals surface area contributed by atoms with E-state index in [2.05, 4.69) is 34.1 Å². The minimum Gasteiger partial charge on any atom is -0.463 e. The summed E-state index contributed by atoms with van der Waals surface area (Å²) in [4.78, 5) is 12.1. The van der Waals surface area contributed by atoms with Crippen LogP contribution >= 0.6 is 11.6 Å². The van der Waals surface area contributed by atoms with E-state index in [-0.39, 0.29) is 11.3 Å². The van der Waals surface area contributed by atoms with Crippen molar-refractivity contribution in [3.63, 3.8) is 0 Å². The number of anilines is 1. The fraction of sp³-hybridized carbons (Fsp3) is 0.727. The highest BCUT2D eigenvalue weighted by atomic mass is 35.5. The zero-order valence-corrected chi connectivity index (χ0v) is 11.3. The van der Waals surface area contributed by atoms with Gasteiger partial charge in [-0.1, -0.05) is 20.8 Å². The van der Waals surface area contributed by atoms with Gasteiger partial charge in [-0.2, -0.15) is 15.0 Å². The molecule has 17 heavy (non-hydrogen) atoms. The Kier molecular flexibility index (Phi) is 5.97. The third kappa shape index (κ3) is 4.73. The second-order valence-corrected chi connectivity index (χ2v) is 4.05. The molecule has 0 aromatic carbocycles. The second kappa shape index (κ2) is 7.27. The molecular weight excluding hydrogens is 240 g/mol. The lowest BCUT2D eigenvalue weighted by Gasteiger charge is -2.14. The fourth-order valence-electron chi connectivity index (χ4n) is 1.33. The molecule has 0 aliphatic heterocycles. The van der Waals surface area contributed by atoms with Gasteiger partial charge in [0, 0.05) is 6.04 Å². The Labute approximate surface area is 107 Å². The topological polar surface area (TPSA) is 59.9 Å². The molecule has 0 radical (unpaired) electrons. The summed E-state index contributed by atoms with van der Waals surface area (Å²) in [6.07, 6.45) is 2.91. The number of rotatable bonds is 7. The fourth-order valence-corrected chi connectivity index (χ4v) is 1.48. The normalized spacial score (nSPS) is 10.6. The van der Waals surface area contributed by atoms with E-state index in [1.165, 1.54) is 0 Å². The van der Waals surface area contributed by atoms with Gasteiger partial charge in [0.2, 0.25) is 11.2 Å². The lowest BCUT2D eigenvalue weighted by atomic mass is 10.2. The zero-order chi connectivity index (χ0) is 12.7. The number of nitrogens with zero attached hydrogens (tertiary/aromatic N) is 3. The van der Waals surface area contributed by atoms with Crippen LogP contribution in [-0.2, 0) is 0 Å². The highest BCUT2D eigenvalue weighted by Gasteiger charge is 2.09. The first-order valence-corrected chi connectivity index (χ1v) is 6.38. The summed E-state index contributed by atoms with van der Waals surface area (Å²) in [5.41, 5.74) is 0. The summed E-state index contributed by atoms with van der Waals surface area (Å²) in [5, 5.41) is 3.36. The molecule has 0 aliphatic carbocycles. The van der Waals surface area contributed by atoms with Gasteiger partial charge in [0.15, 0.2) is 0 Å². The van der Waals surface area contributed by atoms with E-state index >= 15 is 0 Å². The van der Waals surface area contributed by atoms with Crippen LogP contribution in [0.3, 0.4) is 0 Å². The summed E-state index contributed by atoms with van der Waals surface area (Å²) in [5.74, 6) is 0.477. The van der Waals surface area contributed by atoms with Gasteiger partial charge in [-0.25, -0.2) is 0 Å². The van der Waals surface area contributed by atoms with Crippen molar-refractivity contribution in [2.24, 2.45) is 0 Å². The average molecular weight is 259 g/mol. The van der Waals surface area contributed by atoms with Gasteiger partial charge >= 0.3 is 6.01 Å². The Morgan fingerprint density at radius 1 is 1.18 bits per heavy atom. The Balaban J connectivity index is 2.74. The van der Waals surface area contributed by atoms with Crippen LogP contribution in [-0.4, -0.2) is 27.6 Å². The molecule has 96 valence electrons. The third-order valence-corrected chi connectivity index (χ3v) is 2.51. The van der Waals surface area contributed by atoms with Gasteiger partial charge < -0.3 is 10.1 Å². The van der Waals surface area contributed by atoms with E-state index in [1.54, 1.807) is 0 Å². The molecule has 0 amide bonds. The molecule has 0 saturated heterocycles. The molecule has 1 aromatic rings. The molecule has 1 rings (SSSR count). The summed E-state index contributed by atoms with van der Waals surface area (Å²) in [6, 6.07) is 0.618. The van der Waals surface area contributed by atoms with Gasteiger partial charge in [-0.3, -0.25) is 0 Å². The first kappa shape index (κ1) is 14.0. The standard InChI is InChI=1S/C11H19ClN4O/c1-4-7-17-11-15-9(12)14-10(16-11)13-8(5-2)6-3/h8H,4-7H2,1-3H3,(H,13,14,15,16). The van der Waals surface area contributed by atoms with E-state index in [0.29, 0.717) is 18.6 Å². The van der Waals surface area contributed by atoms with Crippen LogP contribution in [0.1, 0.15) is 40.0 Å². The Bertz CT molecular complexity index is 344. The molecule has 0 fully saturated rings. The molecule has 0 spiro atoms. The van der Waals surface area contributed by atoms with E-state index in [4.69, 9.17) is 16.3 Å². The number of hydrogen-bond acceptors (Lipinski definition) is 5. The molecular formula is C11H19ClN4O. The van der Waals surface area contributed by atoms with Crippen LogP contribution < -0.4 is 10.1 Å². The van der Waals surface area contributed by atoms with E-state index < -0.39 is 0 Å². The smallest absolute Gasteiger partial charge is 0.322 e. The van der Waals surface area contributed by atoms with Gasteiger partial charge in [0.25, 0.3) is 0 Å². The largest absolute Gasteiger partial charge is 0.463 e. The number of nitrogens with one attached hydrogen (secondary N) is 1. The summed E-state index contributed by atoms with van der Waals surface area (Å²) < 4.78 is 5.34. The zero-order valence-electron chi connectivity index (χ0n) is 10.5. The molecule has 0 bridgehead atoms. The lowest BCUT2D eigenvalue weighted by molar-refractivity contribution is 0.291. The van der Waals surface area contributed by atoms with Crippen molar-refractivity contribution in [3.8, 4) is 6.01 Å². The van der Waals surface area contributed by atoms with E-state index in [1.807, 2.05) is 6.92 Å². The highest BCUT2D eigenvalue weighted by Crippen LogP contribution is 2.13. The van der Waals surface area contributed by atoms with Crippen LogP contribution in [0.2, 0.25) is 5.28 Å². The summed E-state index contributed by atoms with van der Waals surface area (Å²) in [6.45, 7) is 6.81. The van der Waals surface area contributed by atoms with Crippen LogP contribution in [0.5, 0.6) is 6.01 Å². The van der Waals surface area contributed by atoms with Crippen molar-refractivity contribution >= 4 is 17.5 Å². The quantitative estimate of drug-likeness (QED) is 0.815. The van der Waals surface area contributed by atoms with E-state index in [9.17, 15) is 0 Å². The molecule has 5 nitrogen and oxygen atoms in total. The van der Waals surface area contributed by atoms with Crippen molar-refractivity contribution in [2.75, 3.05) is 11.9 Å². The summed E-state index contributed by atoms with van der Waals surface area (Å²) in [7, 11) is 0. The minimum absolute atomic E-state index is 0.152. The average Bonchev–Trinajstić information content (AvgIpc) is 2.32. The van der Waals surface area contributed by atoms with Crippen molar-refractivity contribution in [1.82, 2.24) is 15.0 Å². The first-order chi connectivity index (χ1) is 8.19. The second-order valence-electron chi connectivity index (χ2n) is 3.72. The highest BCUT2D eigenvalue weighted by molar-refractivity contribution is 6.28. The lowest BCUT2D eigenvalue weighted by Crippen LogP contribution is -2.19. The Morgan fingerprint density at radius 3 is 2.47 bits per heavy atom. The third-order valence-electron chi connectivity index (χ3n) is 2.34. The first-order valence-electron chi connectivity index (χ1n) is 6.00. The van der Waals surface area contributed by atoms with Crippen LogP contribution in [0, 0.1) is 0 Å².